The first-order valence-electron chi connectivity index (χ1n) is 6.16. The van der Waals surface area contributed by atoms with Crippen LogP contribution in [-0.2, 0) is 6.42 Å². The van der Waals surface area contributed by atoms with Gasteiger partial charge in [0.05, 0.1) is 16.7 Å². The van der Waals surface area contributed by atoms with Crippen LogP contribution in [0.4, 0.5) is 0 Å². The minimum Gasteiger partial charge on any atom is -0.330 e. The molecular formula is C12H21N3S. The van der Waals surface area contributed by atoms with E-state index in [4.69, 9.17) is 10.7 Å². The van der Waals surface area contributed by atoms with Crippen LogP contribution in [0.3, 0.4) is 0 Å². The first-order valence-corrected chi connectivity index (χ1v) is 7.04. The summed E-state index contributed by atoms with van der Waals surface area (Å²) in [6, 6.07) is 0.552. The van der Waals surface area contributed by atoms with Gasteiger partial charge in [0.1, 0.15) is 0 Å². The molecule has 2 rings (SSSR count). The van der Waals surface area contributed by atoms with Gasteiger partial charge in [-0.05, 0) is 39.4 Å². The van der Waals surface area contributed by atoms with Gasteiger partial charge in [0.15, 0.2) is 0 Å². The molecule has 2 N–H and O–H groups in total. The molecule has 1 aromatic heterocycles. The van der Waals surface area contributed by atoms with Crippen molar-refractivity contribution in [1.29, 1.82) is 0 Å². The molecule has 1 aliphatic heterocycles. The van der Waals surface area contributed by atoms with Crippen molar-refractivity contribution in [3.8, 4) is 0 Å². The predicted molar refractivity (Wildman–Crippen MR) is 68.7 cm³/mol. The van der Waals surface area contributed by atoms with Crippen molar-refractivity contribution < 1.29 is 0 Å². The van der Waals surface area contributed by atoms with E-state index < -0.39 is 0 Å². The lowest BCUT2D eigenvalue weighted by Crippen LogP contribution is -2.29. The topological polar surface area (TPSA) is 42.1 Å². The molecule has 1 saturated heterocycles. The fraction of sp³-hybridized carbons (Fsp3) is 0.750. The lowest BCUT2D eigenvalue weighted by molar-refractivity contribution is 0.184. The summed E-state index contributed by atoms with van der Waals surface area (Å²) in [7, 11) is 2.21. The van der Waals surface area contributed by atoms with Gasteiger partial charge in [0.2, 0.25) is 0 Å². The Morgan fingerprint density at radius 1 is 1.56 bits per heavy atom. The molecule has 0 saturated carbocycles. The number of thiazole rings is 1. The van der Waals surface area contributed by atoms with Gasteiger partial charge in [-0.1, -0.05) is 6.42 Å². The van der Waals surface area contributed by atoms with Gasteiger partial charge in [-0.25, -0.2) is 4.98 Å². The predicted octanol–water partition coefficient (Wildman–Crippen LogP) is 2.19. The summed E-state index contributed by atoms with van der Waals surface area (Å²) in [5, 5.41) is 3.48. The Morgan fingerprint density at radius 3 is 3.19 bits per heavy atom. The Kier molecular flexibility index (Phi) is 4.32. The van der Waals surface area contributed by atoms with E-state index in [-0.39, 0.29) is 0 Å². The van der Waals surface area contributed by atoms with Gasteiger partial charge in [-0.3, -0.25) is 4.90 Å². The van der Waals surface area contributed by atoms with E-state index in [0.717, 1.165) is 19.4 Å². The normalized spacial score (nSPS) is 22.5. The summed E-state index contributed by atoms with van der Waals surface area (Å²) >= 11 is 1.79. The van der Waals surface area contributed by atoms with Gasteiger partial charge < -0.3 is 5.73 Å². The summed E-state index contributed by atoms with van der Waals surface area (Å²) in [6.07, 6.45) is 6.02. The number of aromatic nitrogens is 1. The van der Waals surface area contributed by atoms with Gasteiger partial charge in [0, 0.05) is 11.8 Å². The van der Waals surface area contributed by atoms with Crippen molar-refractivity contribution in [2.45, 2.75) is 38.1 Å². The van der Waals surface area contributed by atoms with Crippen LogP contribution in [0.2, 0.25) is 0 Å². The zero-order valence-electron chi connectivity index (χ0n) is 9.98. The van der Waals surface area contributed by atoms with Gasteiger partial charge in [-0.15, -0.1) is 11.3 Å². The fourth-order valence-corrected chi connectivity index (χ4v) is 3.18. The lowest BCUT2D eigenvalue weighted by atomic mass is 10.0. The van der Waals surface area contributed by atoms with Crippen LogP contribution in [0.25, 0.3) is 0 Å². The highest BCUT2D eigenvalue weighted by Gasteiger charge is 2.22. The maximum absolute atomic E-state index is 5.52. The number of hydrogen-bond acceptors (Lipinski definition) is 4. The largest absolute Gasteiger partial charge is 0.330 e. The Bertz CT molecular complexity index is 324. The number of nitrogens with zero attached hydrogens (tertiary/aromatic N) is 2. The number of hydrogen-bond donors (Lipinski definition) is 1. The molecule has 3 nitrogen and oxygen atoms in total. The smallest absolute Gasteiger partial charge is 0.0929 e. The molecule has 0 radical (unpaired) electrons. The third-order valence-electron chi connectivity index (χ3n) is 3.28. The van der Waals surface area contributed by atoms with Crippen LogP contribution in [0.5, 0.6) is 0 Å². The van der Waals surface area contributed by atoms with Crippen LogP contribution in [0.1, 0.15) is 42.4 Å². The monoisotopic (exact) mass is 239 g/mol. The Balaban J connectivity index is 1.99. The highest BCUT2D eigenvalue weighted by Crippen LogP contribution is 2.30. The standard InChI is InChI=1S/C12H21N3S/c1-15-8-3-2-5-11(15)10-9-16-12(14-10)6-4-7-13/h9,11H,2-8,13H2,1H3. The van der Waals surface area contributed by atoms with Crippen LogP contribution >= 0.6 is 11.3 Å². The maximum Gasteiger partial charge on any atom is 0.0929 e. The van der Waals surface area contributed by atoms with Gasteiger partial charge >= 0.3 is 0 Å². The summed E-state index contributed by atoms with van der Waals surface area (Å²) in [5.74, 6) is 0. The van der Waals surface area contributed by atoms with Crippen molar-refractivity contribution in [3.05, 3.63) is 16.1 Å². The SMILES string of the molecule is CN1CCCCC1c1csc(CCCN)n1. The van der Waals surface area contributed by atoms with Crippen molar-refractivity contribution >= 4 is 11.3 Å². The molecule has 1 atom stereocenters. The van der Waals surface area contributed by atoms with E-state index in [1.807, 2.05) is 0 Å². The summed E-state index contributed by atoms with van der Waals surface area (Å²) in [4.78, 5) is 7.18. The molecule has 90 valence electrons. The Hall–Kier alpha value is -0.450. The average Bonchev–Trinajstić information content (AvgIpc) is 2.75. The second-order valence-electron chi connectivity index (χ2n) is 4.55. The molecule has 0 amide bonds. The van der Waals surface area contributed by atoms with E-state index in [1.54, 1.807) is 11.3 Å². The molecule has 1 unspecified atom stereocenters. The molecule has 2 heterocycles. The highest BCUT2D eigenvalue weighted by molar-refractivity contribution is 7.09. The molecule has 1 aromatic rings. The maximum atomic E-state index is 5.52. The van der Waals surface area contributed by atoms with Crippen LogP contribution in [-0.4, -0.2) is 30.0 Å². The summed E-state index contributed by atoms with van der Waals surface area (Å²) < 4.78 is 0. The molecule has 1 fully saturated rings. The van der Waals surface area contributed by atoms with Crippen molar-refractivity contribution in [2.75, 3.05) is 20.1 Å². The van der Waals surface area contributed by atoms with Gasteiger partial charge in [0.25, 0.3) is 0 Å². The molecule has 16 heavy (non-hydrogen) atoms. The number of nitrogens with two attached hydrogens (primary N) is 1. The minimum atomic E-state index is 0.552. The summed E-state index contributed by atoms with van der Waals surface area (Å²) in [5.41, 5.74) is 6.79. The molecule has 0 aromatic carbocycles. The Labute approximate surface area is 102 Å². The zero-order chi connectivity index (χ0) is 11.4. The first kappa shape index (κ1) is 12.0. The van der Waals surface area contributed by atoms with E-state index in [9.17, 15) is 0 Å². The van der Waals surface area contributed by atoms with Crippen LogP contribution < -0.4 is 5.73 Å². The molecule has 1 aliphatic rings. The van der Waals surface area contributed by atoms with E-state index in [1.165, 1.54) is 36.5 Å². The molecule has 4 heteroatoms. The quantitative estimate of drug-likeness (QED) is 0.876. The Morgan fingerprint density at radius 2 is 2.44 bits per heavy atom. The average molecular weight is 239 g/mol. The number of rotatable bonds is 4. The van der Waals surface area contributed by atoms with Gasteiger partial charge in [-0.2, -0.15) is 0 Å². The zero-order valence-corrected chi connectivity index (χ0v) is 10.8. The fourth-order valence-electron chi connectivity index (χ4n) is 2.30. The second kappa shape index (κ2) is 5.75. The first-order chi connectivity index (χ1) is 7.81. The second-order valence-corrected chi connectivity index (χ2v) is 5.49. The van der Waals surface area contributed by atoms with Crippen molar-refractivity contribution in [3.63, 3.8) is 0 Å². The molecule has 0 aliphatic carbocycles. The summed E-state index contributed by atoms with van der Waals surface area (Å²) in [6.45, 7) is 1.97. The molecule has 0 spiro atoms. The van der Waals surface area contributed by atoms with E-state index in [0.29, 0.717) is 6.04 Å². The van der Waals surface area contributed by atoms with Crippen molar-refractivity contribution in [2.24, 2.45) is 5.73 Å². The number of aryl methyl sites for hydroxylation is 1. The molecule has 0 bridgehead atoms. The molecular weight excluding hydrogens is 218 g/mol. The van der Waals surface area contributed by atoms with E-state index in [2.05, 4.69) is 17.3 Å². The number of likely N-dealkylation sites (tertiary alicyclic amines) is 1. The van der Waals surface area contributed by atoms with Crippen molar-refractivity contribution in [1.82, 2.24) is 9.88 Å². The highest BCUT2D eigenvalue weighted by atomic mass is 32.1. The van der Waals surface area contributed by atoms with E-state index >= 15 is 0 Å². The minimum absolute atomic E-state index is 0.552. The third kappa shape index (κ3) is 2.81. The van der Waals surface area contributed by atoms with Crippen LogP contribution in [0.15, 0.2) is 5.38 Å². The third-order valence-corrected chi connectivity index (χ3v) is 4.20. The number of piperidine rings is 1. The van der Waals surface area contributed by atoms with Crippen LogP contribution in [0, 0.1) is 0 Å². The lowest BCUT2D eigenvalue weighted by Gasteiger charge is -2.31.